The van der Waals surface area contributed by atoms with Crippen molar-refractivity contribution in [3.8, 4) is 22.8 Å². The van der Waals surface area contributed by atoms with Crippen molar-refractivity contribution in [3.63, 3.8) is 0 Å². The molecule has 0 radical (unpaired) electrons. The van der Waals surface area contributed by atoms with Gasteiger partial charge in [0.2, 0.25) is 0 Å². The summed E-state index contributed by atoms with van der Waals surface area (Å²) in [6, 6.07) is 18.4. The summed E-state index contributed by atoms with van der Waals surface area (Å²) in [5.74, 6) is 0.127. The third-order valence-corrected chi connectivity index (χ3v) is 3.91. The smallest absolute Gasteiger partial charge is 0.315 e. The number of hydrogen-bond acceptors (Lipinski definition) is 5. The number of benzene rings is 2. The van der Waals surface area contributed by atoms with Crippen molar-refractivity contribution in [2.45, 2.75) is 6.42 Å². The van der Waals surface area contributed by atoms with Gasteiger partial charge in [-0.2, -0.15) is 5.10 Å². The first kappa shape index (κ1) is 16.0. The van der Waals surface area contributed by atoms with Crippen LogP contribution in [0.1, 0.15) is 5.56 Å². The summed E-state index contributed by atoms with van der Waals surface area (Å²) in [7, 11) is 0. The highest BCUT2D eigenvalue weighted by Gasteiger charge is 2.12. The lowest BCUT2D eigenvalue weighted by molar-refractivity contribution is 0.578. The van der Waals surface area contributed by atoms with Gasteiger partial charge in [-0.15, -0.1) is 5.10 Å². The third-order valence-electron chi connectivity index (χ3n) is 3.91. The van der Waals surface area contributed by atoms with Crippen LogP contribution in [0.2, 0.25) is 0 Å². The first-order chi connectivity index (χ1) is 12.8. The Balaban J connectivity index is 1.39. The zero-order valence-electron chi connectivity index (χ0n) is 13.8. The van der Waals surface area contributed by atoms with Crippen LogP contribution in [-0.2, 0) is 6.42 Å². The number of halogens is 1. The van der Waals surface area contributed by atoms with Crippen LogP contribution in [0, 0.1) is 5.82 Å². The molecule has 0 fully saturated rings. The topological polar surface area (TPSA) is 79.6 Å². The van der Waals surface area contributed by atoms with Crippen LogP contribution in [0.15, 0.2) is 65.1 Å². The molecule has 26 heavy (non-hydrogen) atoms. The quantitative estimate of drug-likeness (QED) is 0.551. The van der Waals surface area contributed by atoms with E-state index in [-0.39, 0.29) is 5.82 Å². The lowest BCUT2D eigenvalue weighted by Gasteiger charge is -2.01. The summed E-state index contributed by atoms with van der Waals surface area (Å²) in [6.07, 6.45) is 0.722. The highest BCUT2D eigenvalue weighted by Crippen LogP contribution is 2.23. The molecule has 0 saturated carbocycles. The molecule has 0 unspecified atom stereocenters. The fourth-order valence-electron chi connectivity index (χ4n) is 2.56. The molecule has 0 aliphatic carbocycles. The Hall–Kier alpha value is -3.48. The molecule has 0 saturated heterocycles. The van der Waals surface area contributed by atoms with Crippen LogP contribution < -0.4 is 5.32 Å². The van der Waals surface area contributed by atoms with Crippen LogP contribution in [0.5, 0.6) is 0 Å². The molecule has 0 spiro atoms. The average Bonchev–Trinajstić information content (AvgIpc) is 3.33. The van der Waals surface area contributed by atoms with Gasteiger partial charge in [-0.1, -0.05) is 47.6 Å². The van der Waals surface area contributed by atoms with E-state index in [0.717, 1.165) is 23.2 Å². The largest absolute Gasteiger partial charge is 0.402 e. The monoisotopic (exact) mass is 349 g/mol. The van der Waals surface area contributed by atoms with Gasteiger partial charge in [0.1, 0.15) is 11.5 Å². The Kier molecular flexibility index (Phi) is 4.42. The van der Waals surface area contributed by atoms with Crippen LogP contribution >= 0.6 is 0 Å². The van der Waals surface area contributed by atoms with E-state index < -0.39 is 0 Å². The summed E-state index contributed by atoms with van der Waals surface area (Å²) in [5.41, 5.74) is 3.50. The molecule has 2 aromatic carbocycles. The van der Waals surface area contributed by atoms with Crippen LogP contribution in [0.3, 0.4) is 0 Å². The zero-order chi connectivity index (χ0) is 17.8. The third kappa shape index (κ3) is 3.61. The van der Waals surface area contributed by atoms with E-state index >= 15 is 0 Å². The second-order valence-corrected chi connectivity index (χ2v) is 5.75. The number of nitrogens with one attached hydrogen (secondary N) is 2. The molecule has 6 nitrogen and oxygen atoms in total. The van der Waals surface area contributed by atoms with Gasteiger partial charge in [0, 0.05) is 12.1 Å². The summed E-state index contributed by atoms with van der Waals surface area (Å²) < 4.78 is 18.5. The second-order valence-electron chi connectivity index (χ2n) is 5.75. The molecule has 0 bridgehead atoms. The predicted octanol–water partition coefficient (Wildman–Crippen LogP) is 3.92. The molecular formula is C19H16FN5O. The van der Waals surface area contributed by atoms with Gasteiger partial charge >= 0.3 is 6.01 Å². The highest BCUT2D eigenvalue weighted by molar-refractivity contribution is 5.64. The van der Waals surface area contributed by atoms with Crippen molar-refractivity contribution < 1.29 is 8.81 Å². The van der Waals surface area contributed by atoms with Crippen molar-refractivity contribution >= 4 is 6.01 Å². The lowest BCUT2D eigenvalue weighted by atomic mass is 10.1. The Morgan fingerprint density at radius 1 is 1.00 bits per heavy atom. The molecule has 2 aromatic heterocycles. The summed E-state index contributed by atoms with van der Waals surface area (Å²) in [6.45, 7) is 0.603. The molecule has 0 aliphatic heterocycles. The molecule has 0 aliphatic rings. The van der Waals surface area contributed by atoms with Gasteiger partial charge in [0.15, 0.2) is 0 Å². The van der Waals surface area contributed by atoms with Crippen molar-refractivity contribution in [3.05, 3.63) is 72.0 Å². The van der Waals surface area contributed by atoms with E-state index in [1.807, 2.05) is 36.4 Å². The summed E-state index contributed by atoms with van der Waals surface area (Å²) >= 11 is 0. The number of aromatic amines is 1. The normalized spacial score (nSPS) is 10.8. The minimum Gasteiger partial charge on any atom is -0.402 e. The van der Waals surface area contributed by atoms with Crippen molar-refractivity contribution in [2.75, 3.05) is 11.9 Å². The van der Waals surface area contributed by atoms with Gasteiger partial charge in [0.25, 0.3) is 5.89 Å². The van der Waals surface area contributed by atoms with Gasteiger partial charge < -0.3 is 9.73 Å². The van der Waals surface area contributed by atoms with E-state index in [0.29, 0.717) is 24.1 Å². The first-order valence-electron chi connectivity index (χ1n) is 8.21. The highest BCUT2D eigenvalue weighted by atomic mass is 19.1. The Bertz CT molecular complexity index is 979. The van der Waals surface area contributed by atoms with Crippen LogP contribution in [-0.4, -0.2) is 26.9 Å². The summed E-state index contributed by atoms with van der Waals surface area (Å²) in [4.78, 5) is 0. The fraction of sp³-hybridized carbons (Fsp3) is 0.105. The van der Waals surface area contributed by atoms with Crippen molar-refractivity contribution in [2.24, 2.45) is 0 Å². The first-order valence-corrected chi connectivity index (χ1v) is 8.21. The molecule has 4 rings (SSSR count). The predicted molar refractivity (Wildman–Crippen MR) is 95.9 cm³/mol. The minimum absolute atomic E-state index is 0.238. The van der Waals surface area contributed by atoms with Gasteiger partial charge in [-0.25, -0.2) is 4.39 Å². The molecule has 4 aromatic rings. The fourth-order valence-corrected chi connectivity index (χ4v) is 2.56. The van der Waals surface area contributed by atoms with Crippen molar-refractivity contribution in [1.82, 2.24) is 20.4 Å². The van der Waals surface area contributed by atoms with Gasteiger partial charge in [0.05, 0.1) is 5.69 Å². The molecule has 0 amide bonds. The molecule has 130 valence electrons. The average molecular weight is 349 g/mol. The van der Waals surface area contributed by atoms with Gasteiger partial charge in [-0.05, 0) is 30.2 Å². The Labute approximate surface area is 149 Å². The van der Waals surface area contributed by atoms with E-state index in [2.05, 4.69) is 25.7 Å². The lowest BCUT2D eigenvalue weighted by Crippen LogP contribution is -2.05. The minimum atomic E-state index is -0.238. The number of aromatic nitrogens is 4. The summed E-state index contributed by atoms with van der Waals surface area (Å²) in [5, 5.41) is 18.3. The number of H-pyrrole nitrogens is 1. The Morgan fingerprint density at radius 3 is 2.62 bits per heavy atom. The van der Waals surface area contributed by atoms with E-state index in [9.17, 15) is 4.39 Å². The van der Waals surface area contributed by atoms with E-state index in [1.165, 1.54) is 12.1 Å². The van der Waals surface area contributed by atoms with Gasteiger partial charge in [-0.3, -0.25) is 5.10 Å². The van der Waals surface area contributed by atoms with Crippen molar-refractivity contribution in [1.29, 1.82) is 0 Å². The molecule has 2 N–H and O–H groups in total. The number of rotatable bonds is 6. The molecule has 7 heteroatoms. The Morgan fingerprint density at radius 2 is 1.81 bits per heavy atom. The van der Waals surface area contributed by atoms with E-state index in [1.54, 1.807) is 12.1 Å². The molecule has 2 heterocycles. The van der Waals surface area contributed by atoms with Crippen LogP contribution in [0.4, 0.5) is 10.4 Å². The standard InChI is InChI=1S/C19H16FN5O/c20-15-8-6-13(7-9-15)10-11-21-19-25-24-18(26-19)17-12-16(22-23-17)14-4-2-1-3-5-14/h1-9,12H,10-11H2,(H,21,25)(H,22,23). The molecule has 0 atom stereocenters. The SMILES string of the molecule is Fc1ccc(CCNc2nnc(-c3cc(-c4ccccc4)n[nH]3)o2)cc1. The maximum absolute atomic E-state index is 12.9. The zero-order valence-corrected chi connectivity index (χ0v) is 13.8. The number of anilines is 1. The maximum Gasteiger partial charge on any atom is 0.315 e. The van der Waals surface area contributed by atoms with Crippen LogP contribution in [0.25, 0.3) is 22.8 Å². The maximum atomic E-state index is 12.9. The number of nitrogens with zero attached hydrogens (tertiary/aromatic N) is 3. The molecular weight excluding hydrogens is 333 g/mol. The second kappa shape index (κ2) is 7.18. The number of hydrogen-bond donors (Lipinski definition) is 2. The van der Waals surface area contributed by atoms with E-state index in [4.69, 9.17) is 4.42 Å².